The highest BCUT2D eigenvalue weighted by Gasteiger charge is 2.30. The van der Waals surface area contributed by atoms with Crippen LogP contribution in [0.3, 0.4) is 0 Å². The minimum absolute atomic E-state index is 0.113. The van der Waals surface area contributed by atoms with E-state index in [1.165, 1.54) is 5.56 Å². The fourth-order valence-electron chi connectivity index (χ4n) is 4.24. The van der Waals surface area contributed by atoms with Gasteiger partial charge in [0.25, 0.3) is 0 Å². The molecule has 2 aliphatic rings. The number of aromatic nitrogens is 2. The predicted octanol–water partition coefficient (Wildman–Crippen LogP) is 2.81. The first kappa shape index (κ1) is 19.6. The topological polar surface area (TPSA) is 66.4 Å². The standard InChI is InChI=1S/C23H28N4O2/c1-15-4-6-18(7-5-15)16(2)23(29)27-11-9-21-20(14-27)12-24-22(25-21)19-8-10-26(13-19)17(3)28/h4-7,12,16,19H,8-11,13-14H2,1-3H3. The number of nitrogens with zero attached hydrogens (tertiary/aromatic N) is 4. The number of fused-ring (bicyclic) bond motifs is 1. The molecule has 1 aromatic carbocycles. The highest BCUT2D eigenvalue weighted by atomic mass is 16.2. The smallest absolute Gasteiger partial charge is 0.230 e. The fraction of sp³-hybridized carbons (Fsp3) is 0.478. The van der Waals surface area contributed by atoms with Crippen molar-refractivity contribution in [3.8, 4) is 0 Å². The van der Waals surface area contributed by atoms with Crippen molar-refractivity contribution in [2.24, 2.45) is 0 Å². The number of hydrogen-bond donors (Lipinski definition) is 0. The first-order valence-corrected chi connectivity index (χ1v) is 10.4. The third kappa shape index (κ3) is 4.02. The Labute approximate surface area is 172 Å². The SMILES string of the molecule is CC(=O)N1CCC(c2ncc3c(n2)CCN(C(=O)C(C)c2ccc(C)cc2)C3)C1. The molecule has 6 heteroatoms. The van der Waals surface area contributed by atoms with Crippen LogP contribution in [0.2, 0.25) is 0 Å². The van der Waals surface area contributed by atoms with Crippen molar-refractivity contribution in [1.82, 2.24) is 19.8 Å². The maximum Gasteiger partial charge on any atom is 0.230 e. The zero-order valence-corrected chi connectivity index (χ0v) is 17.4. The van der Waals surface area contributed by atoms with Gasteiger partial charge in [0.15, 0.2) is 0 Å². The third-order valence-electron chi connectivity index (χ3n) is 6.21. The van der Waals surface area contributed by atoms with Crippen LogP contribution in [-0.2, 0) is 22.6 Å². The van der Waals surface area contributed by atoms with Gasteiger partial charge in [0.1, 0.15) is 5.82 Å². The van der Waals surface area contributed by atoms with E-state index in [0.29, 0.717) is 19.6 Å². The summed E-state index contributed by atoms with van der Waals surface area (Å²) in [5.74, 6) is 1.15. The van der Waals surface area contributed by atoms with Gasteiger partial charge in [-0.2, -0.15) is 0 Å². The summed E-state index contributed by atoms with van der Waals surface area (Å²) >= 11 is 0. The van der Waals surface area contributed by atoms with E-state index in [9.17, 15) is 9.59 Å². The van der Waals surface area contributed by atoms with Gasteiger partial charge in [0, 0.05) is 57.2 Å². The highest BCUT2D eigenvalue weighted by molar-refractivity contribution is 5.83. The maximum atomic E-state index is 13.0. The van der Waals surface area contributed by atoms with Gasteiger partial charge in [-0.25, -0.2) is 9.97 Å². The Morgan fingerprint density at radius 3 is 2.59 bits per heavy atom. The van der Waals surface area contributed by atoms with Gasteiger partial charge in [-0.15, -0.1) is 0 Å². The first-order chi connectivity index (χ1) is 13.9. The summed E-state index contributed by atoms with van der Waals surface area (Å²) in [6.07, 6.45) is 3.54. The largest absolute Gasteiger partial charge is 0.342 e. The summed E-state index contributed by atoms with van der Waals surface area (Å²) in [5.41, 5.74) is 4.32. The van der Waals surface area contributed by atoms with Gasteiger partial charge in [-0.05, 0) is 25.8 Å². The predicted molar refractivity (Wildman–Crippen MR) is 110 cm³/mol. The lowest BCUT2D eigenvalue weighted by molar-refractivity contribution is -0.133. The van der Waals surface area contributed by atoms with Crippen LogP contribution in [0.15, 0.2) is 30.5 Å². The molecule has 4 rings (SSSR count). The molecule has 1 fully saturated rings. The summed E-state index contributed by atoms with van der Waals surface area (Å²) < 4.78 is 0. The van der Waals surface area contributed by atoms with Crippen LogP contribution in [0.5, 0.6) is 0 Å². The van der Waals surface area contributed by atoms with E-state index in [4.69, 9.17) is 4.98 Å². The molecule has 0 N–H and O–H groups in total. The molecule has 1 saturated heterocycles. The Kier molecular flexibility index (Phi) is 5.35. The monoisotopic (exact) mass is 392 g/mol. The van der Waals surface area contributed by atoms with Gasteiger partial charge >= 0.3 is 0 Å². The highest BCUT2D eigenvalue weighted by Crippen LogP contribution is 2.27. The molecule has 152 valence electrons. The molecule has 0 bridgehead atoms. The molecule has 2 amide bonds. The van der Waals surface area contributed by atoms with Crippen LogP contribution in [0.25, 0.3) is 0 Å². The lowest BCUT2D eigenvalue weighted by Gasteiger charge is -2.30. The Hall–Kier alpha value is -2.76. The Bertz CT molecular complexity index is 925. The number of carbonyl (C=O) groups is 2. The summed E-state index contributed by atoms with van der Waals surface area (Å²) in [6, 6.07) is 8.18. The molecular formula is C23H28N4O2. The van der Waals surface area contributed by atoms with E-state index in [-0.39, 0.29) is 23.7 Å². The molecule has 6 nitrogen and oxygen atoms in total. The second-order valence-corrected chi connectivity index (χ2v) is 8.29. The number of aryl methyl sites for hydroxylation is 1. The zero-order valence-electron chi connectivity index (χ0n) is 17.4. The van der Waals surface area contributed by atoms with Crippen molar-refractivity contribution in [2.75, 3.05) is 19.6 Å². The normalized spacial score (nSPS) is 19.8. The molecule has 2 atom stereocenters. The zero-order chi connectivity index (χ0) is 20.5. The van der Waals surface area contributed by atoms with Crippen molar-refractivity contribution in [2.45, 2.75) is 52.0 Å². The molecule has 0 radical (unpaired) electrons. The van der Waals surface area contributed by atoms with E-state index in [1.54, 1.807) is 6.92 Å². The molecule has 2 aromatic rings. The summed E-state index contributed by atoms with van der Waals surface area (Å²) in [4.78, 5) is 37.8. The van der Waals surface area contributed by atoms with E-state index in [2.05, 4.69) is 24.0 Å². The summed E-state index contributed by atoms with van der Waals surface area (Å²) in [6.45, 7) is 8.36. The van der Waals surface area contributed by atoms with Crippen LogP contribution in [0, 0.1) is 6.92 Å². The number of benzene rings is 1. The Balaban J connectivity index is 1.44. The Morgan fingerprint density at radius 2 is 1.90 bits per heavy atom. The lowest BCUT2D eigenvalue weighted by atomic mass is 9.97. The summed E-state index contributed by atoms with van der Waals surface area (Å²) in [7, 11) is 0. The molecule has 2 unspecified atom stereocenters. The fourth-order valence-corrected chi connectivity index (χ4v) is 4.24. The molecule has 29 heavy (non-hydrogen) atoms. The molecular weight excluding hydrogens is 364 g/mol. The van der Waals surface area contributed by atoms with Gasteiger partial charge in [0.2, 0.25) is 11.8 Å². The van der Waals surface area contributed by atoms with E-state index in [1.807, 2.05) is 35.1 Å². The van der Waals surface area contributed by atoms with Crippen molar-refractivity contribution >= 4 is 11.8 Å². The lowest BCUT2D eigenvalue weighted by Crippen LogP contribution is -2.39. The van der Waals surface area contributed by atoms with Gasteiger partial charge in [0.05, 0.1) is 11.6 Å². The quantitative estimate of drug-likeness (QED) is 0.806. The number of carbonyl (C=O) groups excluding carboxylic acids is 2. The second-order valence-electron chi connectivity index (χ2n) is 8.29. The van der Waals surface area contributed by atoms with Crippen molar-refractivity contribution in [3.05, 3.63) is 58.7 Å². The van der Waals surface area contributed by atoms with Gasteiger partial charge in [-0.3, -0.25) is 9.59 Å². The molecule has 0 aliphatic carbocycles. The first-order valence-electron chi connectivity index (χ1n) is 10.4. The van der Waals surface area contributed by atoms with Crippen LogP contribution in [-0.4, -0.2) is 51.2 Å². The van der Waals surface area contributed by atoms with Crippen molar-refractivity contribution in [3.63, 3.8) is 0 Å². The van der Waals surface area contributed by atoms with E-state index >= 15 is 0 Å². The molecule has 3 heterocycles. The maximum absolute atomic E-state index is 13.0. The number of rotatable bonds is 3. The van der Waals surface area contributed by atoms with Crippen molar-refractivity contribution in [1.29, 1.82) is 0 Å². The second kappa shape index (κ2) is 7.93. The average molecular weight is 393 g/mol. The summed E-state index contributed by atoms with van der Waals surface area (Å²) in [5, 5.41) is 0. The minimum Gasteiger partial charge on any atom is -0.342 e. The number of likely N-dealkylation sites (tertiary alicyclic amines) is 1. The molecule has 1 aromatic heterocycles. The van der Waals surface area contributed by atoms with E-state index in [0.717, 1.165) is 42.0 Å². The van der Waals surface area contributed by atoms with Crippen LogP contribution in [0.1, 0.15) is 60.3 Å². The molecule has 2 aliphatic heterocycles. The van der Waals surface area contributed by atoms with Gasteiger partial charge in [-0.1, -0.05) is 29.8 Å². The van der Waals surface area contributed by atoms with Gasteiger partial charge < -0.3 is 9.80 Å². The molecule has 0 saturated carbocycles. The van der Waals surface area contributed by atoms with E-state index < -0.39 is 0 Å². The average Bonchev–Trinajstić information content (AvgIpc) is 3.23. The number of amides is 2. The molecule has 0 spiro atoms. The number of hydrogen-bond acceptors (Lipinski definition) is 4. The van der Waals surface area contributed by atoms with Crippen LogP contribution < -0.4 is 0 Å². The van der Waals surface area contributed by atoms with Crippen LogP contribution in [0.4, 0.5) is 0 Å². The minimum atomic E-state index is -0.159. The van der Waals surface area contributed by atoms with Crippen LogP contribution >= 0.6 is 0 Å². The van der Waals surface area contributed by atoms with Crippen molar-refractivity contribution < 1.29 is 9.59 Å². The third-order valence-corrected chi connectivity index (χ3v) is 6.21. The Morgan fingerprint density at radius 1 is 1.14 bits per heavy atom.